The van der Waals surface area contributed by atoms with E-state index in [4.69, 9.17) is 47.9 Å². The lowest BCUT2D eigenvalue weighted by atomic mass is 10.0. The molecule has 2 aliphatic heterocycles. The van der Waals surface area contributed by atoms with E-state index in [9.17, 15) is 0 Å². The van der Waals surface area contributed by atoms with Crippen LogP contribution in [0.1, 0.15) is 489 Å². The van der Waals surface area contributed by atoms with Crippen molar-refractivity contribution in [1.29, 1.82) is 0 Å². The maximum Gasteiger partial charge on any atom is 0.123 e. The van der Waals surface area contributed by atoms with Crippen molar-refractivity contribution in [2.75, 3.05) is 52.9 Å². The highest BCUT2D eigenvalue weighted by Gasteiger charge is 2.24. The molecule has 136 heavy (non-hydrogen) atoms. The Balaban J connectivity index is 1.31. The summed E-state index contributed by atoms with van der Waals surface area (Å²) in [7, 11) is 0. The van der Waals surface area contributed by atoms with Crippen molar-refractivity contribution in [2.45, 2.75) is 466 Å². The van der Waals surface area contributed by atoms with Gasteiger partial charge in [-0.1, -0.05) is 415 Å². The Morgan fingerprint density at radius 1 is 0.162 bits per heavy atom. The third kappa shape index (κ3) is 43.7. The smallest absolute Gasteiger partial charge is 0.123 e. The van der Waals surface area contributed by atoms with Crippen LogP contribution in [0.4, 0.5) is 0 Å². The second-order valence-corrected chi connectivity index (χ2v) is 39.9. The van der Waals surface area contributed by atoms with Gasteiger partial charge >= 0.3 is 0 Å². The summed E-state index contributed by atoms with van der Waals surface area (Å²) in [4.78, 5) is 20.4. The van der Waals surface area contributed by atoms with Crippen LogP contribution in [0.5, 0.6) is 46.0 Å². The maximum absolute atomic E-state index is 7.00. The van der Waals surface area contributed by atoms with Gasteiger partial charge in [0.25, 0.3) is 0 Å². The van der Waals surface area contributed by atoms with E-state index in [0.717, 1.165) is 238 Å². The van der Waals surface area contributed by atoms with Crippen molar-refractivity contribution in [3.63, 3.8) is 0 Å². The molecule has 4 aromatic carbocycles. The van der Waals surface area contributed by atoms with Gasteiger partial charge in [-0.05, 0) is 171 Å². The Kier molecular flexibility index (Phi) is 58.5. The number of nitrogens with one attached hydrogen (secondary N) is 2. The normalized spacial score (nSPS) is 11.8. The number of hydrogen-bond acceptors (Lipinski definition) is 10. The van der Waals surface area contributed by atoms with Crippen molar-refractivity contribution in [2.24, 2.45) is 0 Å². The number of benzene rings is 4. The van der Waals surface area contributed by atoms with Crippen molar-refractivity contribution in [3.05, 3.63) is 120 Å². The van der Waals surface area contributed by atoms with Gasteiger partial charge in [-0.15, -0.1) is 0 Å². The number of aromatic nitrogens is 4. The van der Waals surface area contributed by atoms with Gasteiger partial charge in [0.1, 0.15) is 46.0 Å². The highest BCUT2D eigenvalue weighted by Crippen LogP contribution is 2.45. The van der Waals surface area contributed by atoms with Crippen LogP contribution < -0.4 is 37.9 Å². The van der Waals surface area contributed by atoms with E-state index < -0.39 is 0 Å². The van der Waals surface area contributed by atoms with E-state index in [1.54, 1.807) is 0 Å². The molecule has 0 aliphatic carbocycles. The van der Waals surface area contributed by atoms with Crippen molar-refractivity contribution in [3.8, 4) is 90.5 Å². The minimum absolute atomic E-state index is 0.617. The first-order valence-electron chi connectivity index (χ1n) is 57.1. The third-order valence-electron chi connectivity index (χ3n) is 27.6. The molecule has 0 atom stereocenters. The molecule has 2 aliphatic rings. The molecule has 5 heterocycles. The largest absolute Gasteiger partial charge is 0.493 e. The molecule has 0 fully saturated rings. The summed E-state index contributed by atoms with van der Waals surface area (Å²) in [6.45, 7) is 23.3. The fraction of sp³-hybridized carbons (Fsp3) is 0.645. The third-order valence-corrected chi connectivity index (χ3v) is 27.6. The minimum Gasteiger partial charge on any atom is -0.493 e. The summed E-state index contributed by atoms with van der Waals surface area (Å²) in [5, 5.41) is 0. The highest BCUT2D eigenvalue weighted by atomic mass is 16.5. The first kappa shape index (κ1) is 112. The van der Waals surface area contributed by atoms with Gasteiger partial charge in [0.15, 0.2) is 0 Å². The fourth-order valence-electron chi connectivity index (χ4n) is 19.4. The molecule has 754 valence electrons. The summed E-state index contributed by atoms with van der Waals surface area (Å²) in [5.41, 5.74) is 14.3. The molecule has 0 saturated carbocycles. The number of H-pyrrole nitrogens is 2. The Morgan fingerprint density at radius 3 is 0.419 bits per heavy atom. The number of unbranched alkanes of at least 4 members (excludes halogenated alkanes) is 56. The second kappa shape index (κ2) is 71.3. The monoisotopic (exact) mass is 1860 g/mol. The Bertz CT molecular complexity index is 3830. The van der Waals surface area contributed by atoms with Crippen LogP contribution >= 0.6 is 0 Å². The SMILES string of the molecule is CCCCCCCCCCOc1cc(OCCCCCCCCCC)cc(-c2c3nc(c(-c4cc(OCCCCCCCCCC)cc(OCCCCCCCCCC)c4)c4ccc([nH]4)c(-c4cc(OCCCCCCCCCC)cc(OCCCCCCCCCC)c4)c4nc(c(-c5cc(OCCCCCCCCCC)cc(OCCCCCCCCCC)c5)c5ccc2[nH]5)C=C4)C=C3)c1. The molecule has 9 rings (SSSR count). The van der Waals surface area contributed by atoms with Gasteiger partial charge < -0.3 is 47.9 Å². The molecule has 2 N–H and O–H groups in total. The number of nitrogens with zero attached hydrogens (tertiary/aromatic N) is 2. The summed E-state index contributed by atoms with van der Waals surface area (Å²) in [5.74, 6) is 6.32. The molecular weight excluding hydrogens is 1670 g/mol. The molecule has 12 heteroatoms. The van der Waals surface area contributed by atoms with E-state index >= 15 is 0 Å². The molecule has 0 radical (unpaired) electrons. The number of rotatable bonds is 84. The Hall–Kier alpha value is -8.12. The topological polar surface area (TPSA) is 131 Å². The van der Waals surface area contributed by atoms with Crippen LogP contribution in [0.2, 0.25) is 0 Å². The summed E-state index contributed by atoms with van der Waals surface area (Å²) in [6, 6.07) is 35.5. The van der Waals surface area contributed by atoms with Crippen molar-refractivity contribution in [1.82, 2.24) is 19.9 Å². The predicted octanol–water partition coefficient (Wildman–Crippen LogP) is 39.5. The van der Waals surface area contributed by atoms with Gasteiger partial charge in [-0.2, -0.15) is 0 Å². The summed E-state index contributed by atoms with van der Waals surface area (Å²) >= 11 is 0. The average Bonchev–Trinajstić information content (AvgIpc) is 1.61. The lowest BCUT2D eigenvalue weighted by Gasteiger charge is -2.15. The van der Waals surface area contributed by atoms with Crippen LogP contribution in [0.25, 0.3) is 90.9 Å². The molecule has 7 aromatic rings. The second-order valence-electron chi connectivity index (χ2n) is 39.9. The van der Waals surface area contributed by atoms with Gasteiger partial charge in [0.05, 0.1) is 75.6 Å². The number of ether oxygens (including phenoxy) is 8. The van der Waals surface area contributed by atoms with Crippen molar-refractivity contribution >= 4 is 46.4 Å². The number of fused-ring (bicyclic) bond motifs is 8. The van der Waals surface area contributed by atoms with Gasteiger partial charge in [-0.25, -0.2) is 9.97 Å². The van der Waals surface area contributed by atoms with E-state index in [1.165, 1.54) is 308 Å². The highest BCUT2D eigenvalue weighted by molar-refractivity contribution is 6.00. The van der Waals surface area contributed by atoms with Crippen molar-refractivity contribution < 1.29 is 37.9 Å². The van der Waals surface area contributed by atoms with E-state index in [1.807, 2.05) is 0 Å². The number of hydrogen-bond donors (Lipinski definition) is 2. The summed E-state index contributed by atoms with van der Waals surface area (Å²) < 4.78 is 56.0. The maximum atomic E-state index is 7.00. The lowest BCUT2D eigenvalue weighted by Crippen LogP contribution is -2.01. The van der Waals surface area contributed by atoms with E-state index in [0.29, 0.717) is 52.9 Å². The van der Waals surface area contributed by atoms with Crippen LogP contribution in [0.3, 0.4) is 0 Å². The zero-order valence-corrected chi connectivity index (χ0v) is 87.6. The molecule has 8 bridgehead atoms. The molecule has 0 saturated heterocycles. The molecule has 0 spiro atoms. The first-order chi connectivity index (χ1) is 67.3. The molecule has 0 amide bonds. The van der Waals surface area contributed by atoms with Gasteiger partial charge in [0, 0.05) is 68.6 Å². The summed E-state index contributed by atoms with van der Waals surface area (Å²) in [6.07, 6.45) is 87.2. The molecular formula is C124H190N4O8. The zero-order valence-electron chi connectivity index (χ0n) is 87.6. The quantitative estimate of drug-likeness (QED) is 0.0355. The van der Waals surface area contributed by atoms with Gasteiger partial charge in [-0.3, -0.25) is 0 Å². The van der Waals surface area contributed by atoms with E-state index in [2.05, 4.69) is 187 Å². The fourth-order valence-corrected chi connectivity index (χ4v) is 19.4. The molecule has 3 aromatic heterocycles. The van der Waals surface area contributed by atoms with E-state index in [-0.39, 0.29) is 0 Å². The van der Waals surface area contributed by atoms with Crippen LogP contribution in [0, 0.1) is 0 Å². The van der Waals surface area contributed by atoms with Crippen LogP contribution in [-0.4, -0.2) is 72.8 Å². The van der Waals surface area contributed by atoms with Crippen LogP contribution in [-0.2, 0) is 0 Å². The zero-order chi connectivity index (χ0) is 95.4. The predicted molar refractivity (Wildman–Crippen MR) is 585 cm³/mol. The Morgan fingerprint density at radius 2 is 0.287 bits per heavy atom. The first-order valence-corrected chi connectivity index (χ1v) is 57.1. The number of aromatic amines is 2. The standard InChI is InChI=1S/C124H190N4O8/c1-9-17-25-33-41-49-57-65-81-129-105-89-101(90-106(97-105)130-82-66-58-50-42-34-26-18-10-2)121-113-73-75-115(125-113)122(102-91-107(131-83-67-59-51-43-35-27-19-11-3)98-108(92-102)132-84-68-60-52-44-36-28-20-12-4)117-77-79-119(127-117)124(104-95-111(135-87-71-63-55-47-39-31-23-15-7)100-112(96-104)136-88-72-64-56-48-40-32-24-16-8)120-80-78-118(128-120)123(116-76-74-114(121)126-116)103-93-109(133-85-69-61-53-45-37-29-21-13-5)99-110(94-103)134-86-70-62-54-46-38-30-22-14-6/h73-80,89-100,125,128H,9-72,81-88H2,1-8H3. The average molecular weight is 1860 g/mol. The molecule has 0 unspecified atom stereocenters. The van der Waals surface area contributed by atoms with Gasteiger partial charge in [0.2, 0.25) is 0 Å². The Labute approximate surface area is 828 Å². The van der Waals surface area contributed by atoms with Crippen LogP contribution in [0.15, 0.2) is 97.1 Å². The lowest BCUT2D eigenvalue weighted by molar-refractivity contribution is 0.289. The molecule has 12 nitrogen and oxygen atoms in total. The minimum atomic E-state index is 0.617.